The Kier molecular flexibility index (Phi) is 4.72. The van der Waals surface area contributed by atoms with Crippen molar-refractivity contribution >= 4 is 28.5 Å². The van der Waals surface area contributed by atoms with Crippen LogP contribution in [0.5, 0.6) is 0 Å². The zero-order valence-corrected chi connectivity index (χ0v) is 15.7. The maximum atomic E-state index is 12.4. The first-order valence-electron chi connectivity index (χ1n) is 8.58. The summed E-state index contributed by atoms with van der Waals surface area (Å²) in [5, 5.41) is 0.859. The molecule has 0 N–H and O–H groups in total. The summed E-state index contributed by atoms with van der Waals surface area (Å²) in [6.07, 6.45) is 0. The van der Waals surface area contributed by atoms with Gasteiger partial charge in [-0.3, -0.25) is 4.79 Å². The monoisotopic (exact) mass is 390 g/mol. The molecule has 0 bridgehead atoms. The van der Waals surface area contributed by atoms with Gasteiger partial charge in [0.1, 0.15) is 5.76 Å². The average Bonchev–Trinajstić information content (AvgIpc) is 2.74. The van der Waals surface area contributed by atoms with Crippen molar-refractivity contribution in [3.05, 3.63) is 93.6 Å². The van der Waals surface area contributed by atoms with E-state index < -0.39 is 0 Å². The standard InChI is InChI=1S/C23H15ClO4/c1-27-23(26)17-11-7-15(8-12-17)14-5-9-16(10-6-14)21-13-20(25)18-3-2-4-19(24)22(18)28-21/h2-13H,1H3. The molecule has 5 heteroatoms. The van der Waals surface area contributed by atoms with Crippen LogP contribution in [0.25, 0.3) is 33.4 Å². The van der Waals surface area contributed by atoms with Crippen LogP contribution < -0.4 is 5.43 Å². The summed E-state index contributed by atoms with van der Waals surface area (Å²) in [4.78, 5) is 23.9. The molecule has 0 spiro atoms. The highest BCUT2D eigenvalue weighted by Gasteiger charge is 2.10. The van der Waals surface area contributed by atoms with Crippen LogP contribution >= 0.6 is 11.6 Å². The fraction of sp³-hybridized carbons (Fsp3) is 0.0435. The van der Waals surface area contributed by atoms with Crippen molar-refractivity contribution in [3.63, 3.8) is 0 Å². The number of para-hydroxylation sites is 1. The summed E-state index contributed by atoms with van der Waals surface area (Å²) < 4.78 is 10.6. The van der Waals surface area contributed by atoms with E-state index in [9.17, 15) is 9.59 Å². The van der Waals surface area contributed by atoms with Gasteiger partial charge in [-0.05, 0) is 35.4 Å². The zero-order chi connectivity index (χ0) is 19.7. The lowest BCUT2D eigenvalue weighted by atomic mass is 10.0. The van der Waals surface area contributed by atoms with Gasteiger partial charge >= 0.3 is 5.97 Å². The Balaban J connectivity index is 1.69. The minimum atomic E-state index is -0.369. The van der Waals surface area contributed by atoms with Gasteiger partial charge in [-0.15, -0.1) is 0 Å². The van der Waals surface area contributed by atoms with Gasteiger partial charge in [0.25, 0.3) is 0 Å². The molecule has 0 amide bonds. The molecule has 0 saturated heterocycles. The number of methoxy groups -OCH3 is 1. The number of ether oxygens (including phenoxy) is 1. The van der Waals surface area contributed by atoms with Gasteiger partial charge in [0.05, 0.1) is 23.1 Å². The first-order valence-corrected chi connectivity index (χ1v) is 8.96. The highest BCUT2D eigenvalue weighted by atomic mass is 35.5. The summed E-state index contributed by atoms with van der Waals surface area (Å²) in [5.74, 6) is 0.0880. The molecule has 3 aromatic carbocycles. The molecule has 0 fully saturated rings. The molecule has 4 nitrogen and oxygen atoms in total. The summed E-state index contributed by atoms with van der Waals surface area (Å²) in [5.41, 5.74) is 3.45. The van der Waals surface area contributed by atoms with E-state index in [4.69, 9.17) is 20.8 Å². The van der Waals surface area contributed by atoms with Gasteiger partial charge in [0, 0.05) is 11.6 Å². The second-order valence-electron chi connectivity index (χ2n) is 6.24. The van der Waals surface area contributed by atoms with E-state index in [-0.39, 0.29) is 11.4 Å². The third kappa shape index (κ3) is 3.30. The smallest absolute Gasteiger partial charge is 0.337 e. The maximum absolute atomic E-state index is 12.4. The number of fused-ring (bicyclic) bond motifs is 1. The largest absolute Gasteiger partial charge is 0.465 e. The number of carbonyl (C=O) groups is 1. The molecule has 0 aliphatic rings. The van der Waals surface area contributed by atoms with Gasteiger partial charge < -0.3 is 9.15 Å². The van der Waals surface area contributed by atoms with Crippen molar-refractivity contribution in [1.82, 2.24) is 0 Å². The molecule has 1 heterocycles. The Bertz CT molecular complexity index is 1220. The number of rotatable bonds is 3. The number of halogens is 1. The van der Waals surface area contributed by atoms with Crippen molar-refractivity contribution in [1.29, 1.82) is 0 Å². The van der Waals surface area contributed by atoms with E-state index in [1.54, 1.807) is 30.3 Å². The van der Waals surface area contributed by atoms with Crippen molar-refractivity contribution in [2.45, 2.75) is 0 Å². The van der Waals surface area contributed by atoms with Crippen LogP contribution in [0.1, 0.15) is 10.4 Å². The Labute approximate surface area is 166 Å². The molecule has 4 rings (SSSR count). The van der Waals surface area contributed by atoms with Crippen LogP contribution in [-0.2, 0) is 4.74 Å². The number of hydrogen-bond acceptors (Lipinski definition) is 4. The summed E-state index contributed by atoms with van der Waals surface area (Å²) >= 11 is 6.17. The molecule has 0 radical (unpaired) electrons. The Morgan fingerprint density at radius 1 is 0.893 bits per heavy atom. The van der Waals surface area contributed by atoms with Gasteiger partial charge in [-0.25, -0.2) is 4.79 Å². The maximum Gasteiger partial charge on any atom is 0.337 e. The molecular weight excluding hydrogens is 376 g/mol. The number of carbonyl (C=O) groups excluding carboxylic acids is 1. The molecule has 0 aliphatic carbocycles. The lowest BCUT2D eigenvalue weighted by Crippen LogP contribution is -2.00. The van der Waals surface area contributed by atoms with E-state index in [0.717, 1.165) is 16.7 Å². The molecule has 0 aliphatic heterocycles. The topological polar surface area (TPSA) is 56.5 Å². The van der Waals surface area contributed by atoms with Crippen LogP contribution in [0, 0.1) is 0 Å². The van der Waals surface area contributed by atoms with Crippen LogP contribution in [0.15, 0.2) is 82.0 Å². The van der Waals surface area contributed by atoms with Crippen LogP contribution in [0.2, 0.25) is 5.02 Å². The van der Waals surface area contributed by atoms with Gasteiger partial charge in [0.15, 0.2) is 11.0 Å². The van der Waals surface area contributed by atoms with Crippen molar-refractivity contribution < 1.29 is 13.9 Å². The Morgan fingerprint density at radius 3 is 2.14 bits per heavy atom. The third-order valence-electron chi connectivity index (χ3n) is 4.52. The molecular formula is C23H15ClO4. The van der Waals surface area contributed by atoms with Crippen molar-refractivity contribution in [3.8, 4) is 22.5 Å². The quantitative estimate of drug-likeness (QED) is 0.429. The molecule has 0 saturated carbocycles. The third-order valence-corrected chi connectivity index (χ3v) is 4.81. The molecule has 28 heavy (non-hydrogen) atoms. The van der Waals surface area contributed by atoms with Crippen LogP contribution in [0.4, 0.5) is 0 Å². The number of benzene rings is 3. The Hall–Kier alpha value is -3.37. The van der Waals surface area contributed by atoms with Crippen molar-refractivity contribution in [2.75, 3.05) is 7.11 Å². The summed E-state index contributed by atoms with van der Waals surface area (Å²) in [6, 6.07) is 21.4. The SMILES string of the molecule is COC(=O)c1ccc(-c2ccc(-c3cc(=O)c4cccc(Cl)c4o3)cc2)cc1. The minimum absolute atomic E-state index is 0.138. The fourth-order valence-corrected chi connectivity index (χ4v) is 3.24. The van der Waals surface area contributed by atoms with E-state index in [2.05, 4.69) is 0 Å². The predicted octanol–water partition coefficient (Wildman–Crippen LogP) is 5.57. The second-order valence-corrected chi connectivity index (χ2v) is 6.64. The van der Waals surface area contributed by atoms with E-state index in [0.29, 0.717) is 27.3 Å². The van der Waals surface area contributed by atoms with E-state index in [1.165, 1.54) is 13.2 Å². The van der Waals surface area contributed by atoms with E-state index in [1.807, 2.05) is 36.4 Å². The van der Waals surface area contributed by atoms with Gasteiger partial charge in [-0.1, -0.05) is 54.1 Å². The summed E-state index contributed by atoms with van der Waals surface area (Å²) in [7, 11) is 1.35. The first-order chi connectivity index (χ1) is 13.6. The van der Waals surface area contributed by atoms with Crippen LogP contribution in [-0.4, -0.2) is 13.1 Å². The molecule has 138 valence electrons. The normalized spacial score (nSPS) is 10.8. The lowest BCUT2D eigenvalue weighted by Gasteiger charge is -2.07. The summed E-state index contributed by atoms with van der Waals surface area (Å²) in [6.45, 7) is 0. The molecule has 0 unspecified atom stereocenters. The minimum Gasteiger partial charge on any atom is -0.465 e. The van der Waals surface area contributed by atoms with Gasteiger partial charge in [0.2, 0.25) is 0 Å². The lowest BCUT2D eigenvalue weighted by molar-refractivity contribution is 0.0601. The molecule has 0 atom stereocenters. The van der Waals surface area contributed by atoms with Gasteiger partial charge in [-0.2, -0.15) is 0 Å². The highest BCUT2D eigenvalue weighted by molar-refractivity contribution is 6.34. The second kappa shape index (κ2) is 7.33. The van der Waals surface area contributed by atoms with Crippen molar-refractivity contribution in [2.24, 2.45) is 0 Å². The number of esters is 1. The zero-order valence-electron chi connectivity index (χ0n) is 14.9. The van der Waals surface area contributed by atoms with E-state index >= 15 is 0 Å². The fourth-order valence-electron chi connectivity index (χ4n) is 3.03. The molecule has 1 aromatic heterocycles. The number of hydrogen-bond donors (Lipinski definition) is 0. The molecule has 4 aromatic rings. The average molecular weight is 391 g/mol. The predicted molar refractivity (Wildman–Crippen MR) is 110 cm³/mol. The highest BCUT2D eigenvalue weighted by Crippen LogP contribution is 2.28. The Morgan fingerprint density at radius 2 is 1.50 bits per heavy atom. The first kappa shape index (κ1) is 18.0. The van der Waals surface area contributed by atoms with Crippen LogP contribution in [0.3, 0.4) is 0 Å².